The van der Waals surface area contributed by atoms with Gasteiger partial charge in [0.05, 0.1) is 29.3 Å². The fourth-order valence-corrected chi connectivity index (χ4v) is 5.74. The van der Waals surface area contributed by atoms with E-state index in [2.05, 4.69) is 22.7 Å². The number of anilines is 2. The molecule has 32 heavy (non-hydrogen) atoms. The molecule has 6 nitrogen and oxygen atoms in total. The van der Waals surface area contributed by atoms with Crippen molar-refractivity contribution in [2.75, 3.05) is 17.7 Å². The van der Waals surface area contributed by atoms with Crippen LogP contribution in [0.4, 0.5) is 10.8 Å². The molecule has 10 heteroatoms. The van der Waals surface area contributed by atoms with Gasteiger partial charge in [-0.1, -0.05) is 36.2 Å². The topological polar surface area (TPSA) is 68.2 Å². The van der Waals surface area contributed by atoms with Gasteiger partial charge >= 0.3 is 5.97 Å². The molecule has 168 valence electrons. The minimum absolute atomic E-state index is 0.340. The summed E-state index contributed by atoms with van der Waals surface area (Å²) in [4.78, 5) is 13.7. The number of esters is 1. The van der Waals surface area contributed by atoms with Crippen molar-refractivity contribution >= 4 is 68.7 Å². The predicted molar refractivity (Wildman–Crippen MR) is 134 cm³/mol. The summed E-state index contributed by atoms with van der Waals surface area (Å²) in [5, 5.41) is 12.9. The minimum Gasteiger partial charge on any atom is -0.465 e. The quantitative estimate of drug-likeness (QED) is 0.324. The van der Waals surface area contributed by atoms with Crippen LogP contribution in [0, 0.1) is 5.92 Å². The number of nitrogens with one attached hydrogen (secondary N) is 2. The Kier molecular flexibility index (Phi) is 7.05. The summed E-state index contributed by atoms with van der Waals surface area (Å²) >= 11 is 19.1. The first-order valence-corrected chi connectivity index (χ1v) is 12.1. The van der Waals surface area contributed by atoms with Crippen molar-refractivity contribution in [3.05, 3.63) is 62.1 Å². The third-order valence-corrected chi connectivity index (χ3v) is 7.45. The zero-order valence-corrected chi connectivity index (χ0v) is 20.7. The van der Waals surface area contributed by atoms with Gasteiger partial charge in [-0.05, 0) is 60.7 Å². The standard InChI is InChI=1S/C22H22Cl2N4O2S2/c1-12-3-5-14-17(9-12)32-20(19(14)21(29)30-2)26-22(31)25-18-7-8-28(27-18)11-13-4-6-15(23)16(24)10-13/h4,6-8,10,12H,3,5,9,11H2,1-2H3,(H2,25,26,27,31). The molecule has 1 aliphatic rings. The summed E-state index contributed by atoms with van der Waals surface area (Å²) in [7, 11) is 1.40. The minimum atomic E-state index is -0.340. The molecule has 1 unspecified atom stereocenters. The number of nitrogens with zero attached hydrogens (tertiary/aromatic N) is 2. The first-order valence-electron chi connectivity index (χ1n) is 10.1. The van der Waals surface area contributed by atoms with Crippen LogP contribution in [0.25, 0.3) is 0 Å². The van der Waals surface area contributed by atoms with E-state index < -0.39 is 0 Å². The number of carbonyl (C=O) groups excluding carboxylic acids is 1. The van der Waals surface area contributed by atoms with Gasteiger partial charge in [-0.2, -0.15) is 5.10 Å². The molecule has 0 amide bonds. The number of fused-ring (bicyclic) bond motifs is 1. The van der Waals surface area contributed by atoms with Crippen LogP contribution in [-0.4, -0.2) is 28.0 Å². The molecule has 3 aromatic rings. The van der Waals surface area contributed by atoms with Gasteiger partial charge in [0.1, 0.15) is 5.00 Å². The Bertz CT molecular complexity index is 1170. The van der Waals surface area contributed by atoms with Gasteiger partial charge in [0, 0.05) is 17.1 Å². The van der Waals surface area contributed by atoms with Crippen molar-refractivity contribution in [1.29, 1.82) is 0 Å². The van der Waals surface area contributed by atoms with E-state index in [0.717, 1.165) is 30.4 Å². The number of benzene rings is 1. The molecule has 0 aliphatic heterocycles. The fourth-order valence-electron chi connectivity index (χ4n) is 3.75. The van der Waals surface area contributed by atoms with Gasteiger partial charge in [0.25, 0.3) is 0 Å². The number of carbonyl (C=O) groups is 1. The van der Waals surface area contributed by atoms with E-state index in [1.54, 1.807) is 22.1 Å². The summed E-state index contributed by atoms with van der Waals surface area (Å²) < 4.78 is 6.81. The van der Waals surface area contributed by atoms with Gasteiger partial charge in [0.15, 0.2) is 10.9 Å². The summed E-state index contributed by atoms with van der Waals surface area (Å²) in [6, 6.07) is 7.32. The van der Waals surface area contributed by atoms with Crippen molar-refractivity contribution in [1.82, 2.24) is 9.78 Å². The molecule has 2 heterocycles. The van der Waals surface area contributed by atoms with Gasteiger partial charge in [0.2, 0.25) is 0 Å². The molecule has 2 N–H and O–H groups in total. The lowest BCUT2D eigenvalue weighted by atomic mass is 9.88. The van der Waals surface area contributed by atoms with E-state index >= 15 is 0 Å². The molecular formula is C22H22Cl2N4O2S2. The highest BCUT2D eigenvalue weighted by Crippen LogP contribution is 2.40. The van der Waals surface area contributed by atoms with Crippen molar-refractivity contribution < 1.29 is 9.53 Å². The normalized spacial score (nSPS) is 15.2. The maximum absolute atomic E-state index is 12.5. The molecular weight excluding hydrogens is 487 g/mol. The van der Waals surface area contributed by atoms with Gasteiger partial charge in [-0.15, -0.1) is 11.3 Å². The van der Waals surface area contributed by atoms with Crippen molar-refractivity contribution in [3.63, 3.8) is 0 Å². The average molecular weight is 509 g/mol. The first kappa shape index (κ1) is 23.0. The molecule has 4 rings (SSSR count). The van der Waals surface area contributed by atoms with Gasteiger partial charge < -0.3 is 15.4 Å². The second-order valence-corrected chi connectivity index (χ2v) is 10.1. The van der Waals surface area contributed by atoms with E-state index in [-0.39, 0.29) is 5.97 Å². The molecule has 0 spiro atoms. The number of ether oxygens (including phenoxy) is 1. The van der Waals surface area contributed by atoms with E-state index in [4.69, 9.17) is 40.2 Å². The Labute approximate surface area is 205 Å². The fraction of sp³-hybridized carbons (Fsp3) is 0.318. The highest BCUT2D eigenvalue weighted by molar-refractivity contribution is 7.80. The lowest BCUT2D eigenvalue weighted by molar-refractivity contribution is 0.0601. The number of methoxy groups -OCH3 is 1. The van der Waals surface area contributed by atoms with Crippen LogP contribution >= 0.6 is 46.8 Å². The summed E-state index contributed by atoms with van der Waals surface area (Å²) in [5.41, 5.74) is 2.65. The summed E-state index contributed by atoms with van der Waals surface area (Å²) in [6.07, 6.45) is 4.74. The van der Waals surface area contributed by atoms with Crippen LogP contribution in [-0.2, 0) is 24.1 Å². The number of aromatic nitrogens is 2. The number of thiophene rings is 1. The molecule has 0 bridgehead atoms. The van der Waals surface area contributed by atoms with Crippen LogP contribution < -0.4 is 10.6 Å². The van der Waals surface area contributed by atoms with Crippen LogP contribution in [0.5, 0.6) is 0 Å². The van der Waals surface area contributed by atoms with Crippen LogP contribution in [0.3, 0.4) is 0 Å². The number of thiocarbonyl (C=S) groups is 1. The number of hydrogen-bond donors (Lipinski definition) is 2. The van der Waals surface area contributed by atoms with Crippen molar-refractivity contribution in [3.8, 4) is 0 Å². The van der Waals surface area contributed by atoms with Crippen LogP contribution in [0.1, 0.15) is 39.7 Å². The molecule has 0 saturated heterocycles. The molecule has 1 aromatic carbocycles. The third-order valence-electron chi connectivity index (χ3n) is 5.34. The molecule has 1 aliphatic carbocycles. The van der Waals surface area contributed by atoms with Crippen LogP contribution in [0.15, 0.2) is 30.5 Å². The Morgan fingerprint density at radius 2 is 2.12 bits per heavy atom. The van der Waals surface area contributed by atoms with E-state index in [9.17, 15) is 4.79 Å². The van der Waals surface area contributed by atoms with Crippen molar-refractivity contribution in [2.45, 2.75) is 32.7 Å². The van der Waals surface area contributed by atoms with Crippen molar-refractivity contribution in [2.24, 2.45) is 5.92 Å². The molecule has 0 radical (unpaired) electrons. The molecule has 1 atom stereocenters. The zero-order chi connectivity index (χ0) is 22.8. The first-order chi connectivity index (χ1) is 15.3. The smallest absolute Gasteiger partial charge is 0.341 e. The molecule has 0 fully saturated rings. The van der Waals surface area contributed by atoms with E-state index in [1.807, 2.05) is 24.4 Å². The largest absolute Gasteiger partial charge is 0.465 e. The SMILES string of the molecule is COC(=O)c1c(NC(=S)Nc2ccn(Cc3ccc(Cl)c(Cl)c3)n2)sc2c1CCC(C)C2. The van der Waals surface area contributed by atoms with Gasteiger partial charge in [-0.3, -0.25) is 4.68 Å². The maximum atomic E-state index is 12.5. The monoisotopic (exact) mass is 508 g/mol. The lowest BCUT2D eigenvalue weighted by Gasteiger charge is -2.18. The molecule has 0 saturated carbocycles. The van der Waals surface area contributed by atoms with E-state index in [1.165, 1.54) is 12.0 Å². The highest BCUT2D eigenvalue weighted by Gasteiger charge is 2.28. The summed E-state index contributed by atoms with van der Waals surface area (Å²) in [6.45, 7) is 2.77. The number of halogens is 2. The average Bonchev–Trinajstić information content (AvgIpc) is 3.33. The second-order valence-electron chi connectivity index (χ2n) is 7.77. The second kappa shape index (κ2) is 9.79. The zero-order valence-electron chi connectivity index (χ0n) is 17.6. The third kappa shape index (κ3) is 5.09. The van der Waals surface area contributed by atoms with Gasteiger partial charge in [-0.25, -0.2) is 4.79 Å². The highest BCUT2D eigenvalue weighted by atomic mass is 35.5. The maximum Gasteiger partial charge on any atom is 0.341 e. The predicted octanol–water partition coefficient (Wildman–Crippen LogP) is 6.02. The lowest BCUT2D eigenvalue weighted by Crippen LogP contribution is -2.21. The number of hydrogen-bond acceptors (Lipinski definition) is 5. The Hall–Kier alpha value is -2.13. The summed E-state index contributed by atoms with van der Waals surface area (Å²) in [5.74, 6) is 0.856. The Balaban J connectivity index is 1.45. The van der Waals surface area contributed by atoms with E-state index in [0.29, 0.717) is 44.0 Å². The Morgan fingerprint density at radius 1 is 1.31 bits per heavy atom. The Morgan fingerprint density at radius 3 is 2.88 bits per heavy atom. The number of rotatable bonds is 5. The molecule has 2 aromatic heterocycles. The van der Waals surface area contributed by atoms with Crippen LogP contribution in [0.2, 0.25) is 10.0 Å².